The van der Waals surface area contributed by atoms with Crippen LogP contribution in [0, 0.1) is 6.92 Å². The van der Waals surface area contributed by atoms with Crippen molar-refractivity contribution in [1.29, 1.82) is 0 Å². The number of nitrogens with one attached hydrogen (secondary N) is 5. The Balaban J connectivity index is 1.39. The van der Waals surface area contributed by atoms with E-state index < -0.39 is 22.1 Å². The first-order valence-corrected chi connectivity index (χ1v) is 15.3. The van der Waals surface area contributed by atoms with Gasteiger partial charge in [0.15, 0.2) is 0 Å². The smallest absolute Gasteiger partial charge is 0.319 e. The summed E-state index contributed by atoms with van der Waals surface area (Å²) >= 11 is 0. The van der Waals surface area contributed by atoms with Crippen molar-refractivity contribution < 1.29 is 18.0 Å². The number of fused-ring (bicyclic) bond motifs is 1. The molecular weight excluding hydrogens is 538 g/mol. The number of aromatic amines is 1. The van der Waals surface area contributed by atoms with Gasteiger partial charge in [-0.05, 0) is 61.4 Å². The zero-order valence-corrected chi connectivity index (χ0v) is 24.2. The van der Waals surface area contributed by atoms with Crippen molar-refractivity contribution in [3.63, 3.8) is 0 Å². The van der Waals surface area contributed by atoms with Crippen LogP contribution >= 0.6 is 0 Å². The van der Waals surface area contributed by atoms with Crippen LogP contribution in [0.1, 0.15) is 43.7 Å². The maximum Gasteiger partial charge on any atom is 0.319 e. The molecule has 41 heavy (non-hydrogen) atoms. The molecule has 10 heteroatoms. The second kappa shape index (κ2) is 13.8. The van der Waals surface area contributed by atoms with Crippen LogP contribution in [0.2, 0.25) is 0 Å². The summed E-state index contributed by atoms with van der Waals surface area (Å²) in [6.45, 7) is 4.57. The lowest BCUT2D eigenvalue weighted by atomic mass is 10.0. The predicted molar refractivity (Wildman–Crippen MR) is 164 cm³/mol. The van der Waals surface area contributed by atoms with Gasteiger partial charge in [0.1, 0.15) is 6.04 Å². The van der Waals surface area contributed by atoms with Gasteiger partial charge in [0.05, 0.1) is 4.90 Å². The molecule has 4 aromatic rings. The highest BCUT2D eigenvalue weighted by Crippen LogP contribution is 2.21. The summed E-state index contributed by atoms with van der Waals surface area (Å²) in [4.78, 5) is 29.4. The lowest BCUT2D eigenvalue weighted by Crippen LogP contribution is -2.49. The van der Waals surface area contributed by atoms with Crippen LogP contribution in [0.5, 0.6) is 0 Å². The Kier molecular flexibility index (Phi) is 10.0. The van der Waals surface area contributed by atoms with Crippen LogP contribution in [0.15, 0.2) is 83.9 Å². The predicted octanol–water partition coefficient (Wildman–Crippen LogP) is 5.71. The molecule has 0 bridgehead atoms. The first-order chi connectivity index (χ1) is 19.7. The number of unbranched alkanes of at least 4 members (excludes halogenated alkanes) is 3. The average Bonchev–Trinajstić information content (AvgIpc) is 3.36. The van der Waals surface area contributed by atoms with Gasteiger partial charge in [-0.2, -0.15) is 0 Å². The van der Waals surface area contributed by atoms with Crippen molar-refractivity contribution in [2.45, 2.75) is 56.9 Å². The molecule has 0 saturated heterocycles. The molecule has 0 aliphatic carbocycles. The summed E-state index contributed by atoms with van der Waals surface area (Å²) in [7, 11) is -3.74. The minimum absolute atomic E-state index is 0.162. The molecule has 1 heterocycles. The number of amides is 3. The quantitative estimate of drug-likeness (QED) is 0.131. The molecule has 0 aliphatic heterocycles. The summed E-state index contributed by atoms with van der Waals surface area (Å²) in [5, 5.41) is 9.51. The monoisotopic (exact) mass is 575 g/mol. The van der Waals surface area contributed by atoms with Crippen molar-refractivity contribution in [2.24, 2.45) is 0 Å². The third kappa shape index (κ3) is 8.34. The number of anilines is 2. The summed E-state index contributed by atoms with van der Waals surface area (Å²) < 4.78 is 27.9. The third-order valence-electron chi connectivity index (χ3n) is 6.78. The Hall–Kier alpha value is -4.31. The Labute approximate surface area is 241 Å². The number of sulfonamides is 1. The van der Waals surface area contributed by atoms with Crippen LogP contribution in [-0.2, 0) is 21.2 Å². The van der Waals surface area contributed by atoms with E-state index in [9.17, 15) is 18.0 Å². The van der Waals surface area contributed by atoms with Gasteiger partial charge in [0.25, 0.3) is 10.0 Å². The number of H-pyrrole nitrogens is 1. The number of carbonyl (C=O) groups excluding carboxylic acids is 2. The van der Waals surface area contributed by atoms with E-state index in [4.69, 9.17) is 0 Å². The normalized spacial score (nSPS) is 12.0. The highest BCUT2D eigenvalue weighted by atomic mass is 32.2. The molecule has 4 rings (SSSR count). The number of aryl methyl sites for hydroxylation is 1. The van der Waals surface area contributed by atoms with Crippen LogP contribution in [0.25, 0.3) is 10.9 Å². The standard InChI is InChI=1S/C31H37N5O4S/c1-3-4-5-8-19-32-30(37)29(20-23-21-33-28-10-7-6-9-27(23)28)35-31(38)34-24-13-15-25(16-14-24)36-41(39,40)26-17-11-22(2)12-18-26/h6-7,9-18,21,29,33,36H,3-5,8,19-20H2,1-2H3,(H,32,37)(H2,34,35,38)/t29-/m1/s1. The molecule has 9 nitrogen and oxygen atoms in total. The van der Waals surface area contributed by atoms with Gasteiger partial charge in [0.2, 0.25) is 5.91 Å². The van der Waals surface area contributed by atoms with Gasteiger partial charge in [-0.25, -0.2) is 13.2 Å². The number of benzene rings is 3. The van der Waals surface area contributed by atoms with Crippen molar-refractivity contribution in [1.82, 2.24) is 15.6 Å². The van der Waals surface area contributed by atoms with E-state index in [2.05, 4.69) is 32.6 Å². The molecule has 1 aromatic heterocycles. The van der Waals surface area contributed by atoms with Gasteiger partial charge in [-0.15, -0.1) is 0 Å². The number of hydrogen-bond acceptors (Lipinski definition) is 4. The van der Waals surface area contributed by atoms with Gasteiger partial charge in [-0.3, -0.25) is 9.52 Å². The van der Waals surface area contributed by atoms with E-state index in [0.717, 1.165) is 47.7 Å². The van der Waals surface area contributed by atoms with Gasteiger partial charge in [-0.1, -0.05) is 62.1 Å². The lowest BCUT2D eigenvalue weighted by molar-refractivity contribution is -0.122. The zero-order valence-electron chi connectivity index (χ0n) is 23.4. The second-order valence-corrected chi connectivity index (χ2v) is 11.7. The molecule has 0 spiro atoms. The van der Waals surface area contributed by atoms with Gasteiger partial charge in [0, 0.05) is 41.4 Å². The fourth-order valence-corrected chi connectivity index (χ4v) is 5.55. The van der Waals surface area contributed by atoms with Crippen molar-refractivity contribution in [3.05, 3.63) is 90.1 Å². The number of para-hydroxylation sites is 1. The molecule has 3 amide bonds. The van der Waals surface area contributed by atoms with Crippen LogP contribution in [-0.4, -0.2) is 37.9 Å². The maximum absolute atomic E-state index is 13.1. The summed E-state index contributed by atoms with van der Waals surface area (Å²) in [6.07, 6.45) is 6.32. The fourth-order valence-electron chi connectivity index (χ4n) is 4.49. The number of rotatable bonds is 13. The van der Waals surface area contributed by atoms with Crippen LogP contribution in [0.3, 0.4) is 0 Å². The number of hydrogen-bond donors (Lipinski definition) is 5. The van der Waals surface area contributed by atoms with Crippen molar-refractivity contribution in [3.8, 4) is 0 Å². The van der Waals surface area contributed by atoms with E-state index in [1.165, 1.54) is 0 Å². The molecule has 0 saturated carbocycles. The summed E-state index contributed by atoms with van der Waals surface area (Å²) in [5.41, 5.74) is 3.66. The molecule has 0 radical (unpaired) electrons. The third-order valence-corrected chi connectivity index (χ3v) is 8.17. The molecule has 3 aromatic carbocycles. The van der Waals surface area contributed by atoms with E-state index in [1.807, 2.05) is 37.4 Å². The van der Waals surface area contributed by atoms with Crippen LogP contribution in [0.4, 0.5) is 16.2 Å². The van der Waals surface area contributed by atoms with Crippen LogP contribution < -0.4 is 20.7 Å². The Morgan fingerprint density at radius 3 is 2.32 bits per heavy atom. The highest BCUT2D eigenvalue weighted by Gasteiger charge is 2.23. The van der Waals surface area contributed by atoms with Gasteiger partial charge < -0.3 is 20.9 Å². The molecular formula is C31H37N5O4S. The molecule has 216 valence electrons. The Bertz CT molecular complexity index is 1560. The summed E-state index contributed by atoms with van der Waals surface area (Å²) in [5.74, 6) is -0.247. The number of urea groups is 1. The van der Waals surface area contributed by atoms with E-state index >= 15 is 0 Å². The minimum Gasteiger partial charge on any atom is -0.361 e. The minimum atomic E-state index is -3.74. The second-order valence-electron chi connectivity index (χ2n) is 10.1. The summed E-state index contributed by atoms with van der Waals surface area (Å²) in [6, 6.07) is 19.4. The van der Waals surface area contributed by atoms with Crippen molar-refractivity contribution in [2.75, 3.05) is 16.6 Å². The van der Waals surface area contributed by atoms with E-state index in [1.54, 1.807) is 48.5 Å². The first kappa shape index (κ1) is 29.7. The molecule has 0 fully saturated rings. The van der Waals surface area contributed by atoms with Crippen molar-refractivity contribution >= 4 is 44.2 Å². The number of carbonyl (C=O) groups is 2. The molecule has 5 N–H and O–H groups in total. The fraction of sp³-hybridized carbons (Fsp3) is 0.290. The topological polar surface area (TPSA) is 132 Å². The lowest BCUT2D eigenvalue weighted by Gasteiger charge is -2.19. The Morgan fingerprint density at radius 1 is 0.878 bits per heavy atom. The molecule has 0 unspecified atom stereocenters. The Morgan fingerprint density at radius 2 is 1.59 bits per heavy atom. The van der Waals surface area contributed by atoms with Gasteiger partial charge >= 0.3 is 6.03 Å². The van der Waals surface area contributed by atoms with E-state index in [0.29, 0.717) is 24.3 Å². The zero-order chi connectivity index (χ0) is 29.2. The molecule has 1 atom stereocenters. The molecule has 0 aliphatic rings. The largest absolute Gasteiger partial charge is 0.361 e. The highest BCUT2D eigenvalue weighted by molar-refractivity contribution is 7.92. The number of aromatic nitrogens is 1. The average molecular weight is 576 g/mol. The first-order valence-electron chi connectivity index (χ1n) is 13.8. The van der Waals surface area contributed by atoms with E-state index in [-0.39, 0.29) is 10.8 Å². The maximum atomic E-state index is 13.1. The SMILES string of the molecule is CCCCCCNC(=O)[C@@H](Cc1c[nH]c2ccccc12)NC(=O)Nc1ccc(NS(=O)(=O)c2ccc(C)cc2)cc1.